The molecule has 2 aromatic rings. The molecule has 1 aromatic heterocycles. The molecule has 1 unspecified atom stereocenters. The number of ether oxygens (including phenoxy) is 1. The molecule has 29 heavy (non-hydrogen) atoms. The minimum absolute atomic E-state index is 0.00888. The van der Waals surface area contributed by atoms with E-state index >= 15 is 0 Å². The quantitative estimate of drug-likeness (QED) is 0.754. The molecule has 1 atom stereocenters. The van der Waals surface area contributed by atoms with Crippen LogP contribution >= 0.6 is 11.6 Å². The third-order valence-corrected chi connectivity index (χ3v) is 5.72. The molecule has 0 radical (unpaired) electrons. The number of aromatic nitrogens is 1. The SMILES string of the molecule is [2H]C1([2H])OC([2H])([2H])C([2H])([2H])N(C(=O)c2cc(-c3cc(Cl)c4c(c3)CN(C(C)C3CC3)C4=O)on2)C1([2H])[2H]. The van der Waals surface area contributed by atoms with Gasteiger partial charge in [0, 0.05) is 37.2 Å². The largest absolute Gasteiger partial charge is 0.378 e. The summed E-state index contributed by atoms with van der Waals surface area (Å²) in [6.45, 7) is -11.2. The lowest BCUT2D eigenvalue weighted by molar-refractivity contribution is 0.0296. The summed E-state index contributed by atoms with van der Waals surface area (Å²) < 4.78 is 72.8. The van der Waals surface area contributed by atoms with E-state index < -0.39 is 37.7 Å². The van der Waals surface area contributed by atoms with Gasteiger partial charge in [0.25, 0.3) is 11.8 Å². The van der Waals surface area contributed by atoms with Crippen molar-refractivity contribution in [3.8, 4) is 11.3 Å². The molecular weight excluding hydrogens is 394 g/mol. The number of hydrogen-bond acceptors (Lipinski definition) is 5. The van der Waals surface area contributed by atoms with Crippen molar-refractivity contribution in [1.82, 2.24) is 15.0 Å². The number of morpholine rings is 1. The first-order chi connectivity index (χ1) is 17.0. The Morgan fingerprint density at radius 2 is 2.07 bits per heavy atom. The van der Waals surface area contributed by atoms with Gasteiger partial charge >= 0.3 is 0 Å². The van der Waals surface area contributed by atoms with E-state index in [9.17, 15) is 9.59 Å². The summed E-state index contributed by atoms with van der Waals surface area (Å²) >= 11 is 6.43. The molecule has 0 N–H and O–H groups in total. The molecule has 7 nitrogen and oxygen atoms in total. The van der Waals surface area contributed by atoms with E-state index in [2.05, 4.69) is 9.89 Å². The van der Waals surface area contributed by atoms with Crippen molar-refractivity contribution in [1.29, 1.82) is 0 Å². The average Bonchev–Trinajstić information content (AvgIpc) is 3.39. The molecule has 5 rings (SSSR count). The van der Waals surface area contributed by atoms with Gasteiger partial charge in [-0.25, -0.2) is 0 Å². The Hall–Kier alpha value is -2.38. The maximum atomic E-state index is 13.2. The number of carbonyl (C=O) groups excluding carboxylic acids is 2. The summed E-state index contributed by atoms with van der Waals surface area (Å²) in [6.07, 6.45) is 2.13. The molecular formula is C21H22ClN3O4. The number of benzene rings is 1. The Labute approximate surface area is 184 Å². The topological polar surface area (TPSA) is 75.9 Å². The van der Waals surface area contributed by atoms with Gasteiger partial charge in [-0.05, 0) is 43.4 Å². The molecule has 3 heterocycles. The van der Waals surface area contributed by atoms with Crippen LogP contribution in [0.25, 0.3) is 11.3 Å². The van der Waals surface area contributed by atoms with Gasteiger partial charge < -0.3 is 19.1 Å². The van der Waals surface area contributed by atoms with Crippen LogP contribution in [0.4, 0.5) is 0 Å². The number of amides is 2. The number of rotatable bonds is 4. The molecule has 8 heteroatoms. The van der Waals surface area contributed by atoms with Gasteiger partial charge in [-0.2, -0.15) is 0 Å². The smallest absolute Gasteiger partial charge is 0.276 e. The maximum absolute atomic E-state index is 13.2. The van der Waals surface area contributed by atoms with Crippen LogP contribution < -0.4 is 0 Å². The Bertz CT molecular complexity index is 1290. The summed E-state index contributed by atoms with van der Waals surface area (Å²) in [7, 11) is 0. The van der Waals surface area contributed by atoms with Crippen molar-refractivity contribution in [3.05, 3.63) is 40.0 Å². The average molecular weight is 424 g/mol. The number of nitrogens with zero attached hydrogens (tertiary/aromatic N) is 3. The molecule has 1 saturated heterocycles. The van der Waals surface area contributed by atoms with E-state index in [4.69, 9.17) is 27.1 Å². The van der Waals surface area contributed by atoms with Crippen molar-refractivity contribution in [3.63, 3.8) is 0 Å². The summed E-state index contributed by atoms with van der Waals surface area (Å²) in [5.74, 6) is -1.15. The van der Waals surface area contributed by atoms with E-state index in [0.29, 0.717) is 29.2 Å². The monoisotopic (exact) mass is 423 g/mol. The van der Waals surface area contributed by atoms with E-state index in [1.165, 1.54) is 6.07 Å². The molecule has 2 amide bonds. The van der Waals surface area contributed by atoms with Crippen LogP contribution in [0.5, 0.6) is 0 Å². The molecule has 0 spiro atoms. The Kier molecular flexibility index (Phi) is 2.89. The standard InChI is InChI=1S/C21H22ClN3O4/c1-12(13-2-3-13)25-11-15-8-14(9-16(22)19(15)21(25)27)18-10-17(23-29-18)20(26)24-4-6-28-7-5-24/h8-10,12-13H,2-7,11H2,1H3/i4D2,5D2,6D2,7D2. The van der Waals surface area contributed by atoms with Crippen LogP contribution in [0.1, 0.15) is 57.1 Å². The highest BCUT2D eigenvalue weighted by molar-refractivity contribution is 6.34. The minimum Gasteiger partial charge on any atom is -0.378 e. The number of halogens is 1. The first-order valence-electron chi connectivity index (χ1n) is 13.1. The van der Waals surface area contributed by atoms with Gasteiger partial charge in [0.15, 0.2) is 11.5 Å². The van der Waals surface area contributed by atoms with E-state index in [1.54, 1.807) is 11.0 Å². The van der Waals surface area contributed by atoms with Gasteiger partial charge in [0.1, 0.15) is 0 Å². The van der Waals surface area contributed by atoms with E-state index in [-0.39, 0.29) is 27.6 Å². The Morgan fingerprint density at radius 3 is 2.79 bits per heavy atom. The molecule has 2 fully saturated rings. The number of carbonyl (C=O) groups is 2. The van der Waals surface area contributed by atoms with E-state index in [0.717, 1.165) is 18.9 Å². The maximum Gasteiger partial charge on any atom is 0.276 e. The third kappa shape index (κ3) is 3.32. The normalized spacial score (nSPS) is 31.2. The van der Waals surface area contributed by atoms with Crippen LogP contribution in [-0.2, 0) is 11.3 Å². The highest BCUT2D eigenvalue weighted by Crippen LogP contribution is 2.40. The third-order valence-electron chi connectivity index (χ3n) is 5.42. The second-order valence-corrected chi connectivity index (χ2v) is 7.66. The predicted octanol–water partition coefficient (Wildman–Crippen LogP) is 3.22. The lowest BCUT2D eigenvalue weighted by atomic mass is 10.0. The van der Waals surface area contributed by atoms with Gasteiger partial charge in [-0.3, -0.25) is 9.59 Å². The second-order valence-electron chi connectivity index (χ2n) is 7.25. The second kappa shape index (κ2) is 7.15. The molecule has 1 aliphatic carbocycles. The van der Waals surface area contributed by atoms with Gasteiger partial charge in [0.05, 0.1) is 34.7 Å². The van der Waals surface area contributed by atoms with Crippen LogP contribution in [-0.4, -0.2) is 58.9 Å². The number of fused-ring (bicyclic) bond motifs is 1. The van der Waals surface area contributed by atoms with Gasteiger partial charge in [-0.1, -0.05) is 16.8 Å². The fourth-order valence-corrected chi connectivity index (χ4v) is 3.97. The van der Waals surface area contributed by atoms with Crippen molar-refractivity contribution >= 4 is 23.4 Å². The highest BCUT2D eigenvalue weighted by atomic mass is 35.5. The van der Waals surface area contributed by atoms with Crippen molar-refractivity contribution in [2.24, 2.45) is 5.92 Å². The van der Waals surface area contributed by atoms with Crippen molar-refractivity contribution in [2.75, 3.05) is 26.1 Å². The fraction of sp³-hybridized carbons (Fsp3) is 0.476. The first kappa shape index (κ1) is 11.7. The zero-order chi connectivity index (χ0) is 27.3. The van der Waals surface area contributed by atoms with Crippen LogP contribution in [0, 0.1) is 5.92 Å². The summed E-state index contributed by atoms with van der Waals surface area (Å²) in [6, 6.07) is 4.28. The van der Waals surface area contributed by atoms with E-state index in [1.807, 2.05) is 6.92 Å². The summed E-state index contributed by atoms with van der Waals surface area (Å²) in [5, 5.41) is 3.78. The molecule has 1 aromatic carbocycles. The lowest BCUT2D eigenvalue weighted by Crippen LogP contribution is -2.40. The highest BCUT2D eigenvalue weighted by Gasteiger charge is 2.39. The minimum atomic E-state index is -3.41. The summed E-state index contributed by atoms with van der Waals surface area (Å²) in [4.78, 5) is 27.7. The van der Waals surface area contributed by atoms with Crippen LogP contribution in [0.3, 0.4) is 0 Å². The fourth-order valence-electron chi connectivity index (χ4n) is 3.65. The zero-order valence-corrected chi connectivity index (χ0v) is 16.1. The first-order valence-corrected chi connectivity index (χ1v) is 9.53. The Morgan fingerprint density at radius 1 is 1.31 bits per heavy atom. The predicted molar refractivity (Wildman–Crippen MR) is 106 cm³/mol. The molecule has 152 valence electrons. The van der Waals surface area contributed by atoms with Crippen molar-refractivity contribution < 1.29 is 29.8 Å². The van der Waals surface area contributed by atoms with Crippen LogP contribution in [0.15, 0.2) is 22.7 Å². The molecule has 3 aliphatic rings. The molecule has 0 bridgehead atoms. The molecule has 2 aliphatic heterocycles. The summed E-state index contributed by atoms with van der Waals surface area (Å²) in [5.41, 5.74) is 0.815. The van der Waals surface area contributed by atoms with Gasteiger partial charge in [-0.15, -0.1) is 0 Å². The van der Waals surface area contributed by atoms with Gasteiger partial charge in [0.2, 0.25) is 0 Å². The lowest BCUT2D eigenvalue weighted by Gasteiger charge is -2.25. The van der Waals surface area contributed by atoms with Crippen LogP contribution in [0.2, 0.25) is 5.02 Å². The molecule has 1 saturated carbocycles. The van der Waals surface area contributed by atoms with Crippen molar-refractivity contribution in [2.45, 2.75) is 32.4 Å². The zero-order valence-electron chi connectivity index (χ0n) is 23.4. The Balaban J connectivity index is 1.47. The number of hydrogen-bond donors (Lipinski definition) is 0.